The maximum absolute atomic E-state index is 13.5. The Kier molecular flexibility index (Phi) is 3.86. The molecule has 1 aromatic heterocycles. The molecule has 1 heterocycles. The van der Waals surface area contributed by atoms with E-state index in [-0.39, 0.29) is 16.7 Å². The van der Waals surface area contributed by atoms with Gasteiger partial charge >= 0.3 is 0 Å². The summed E-state index contributed by atoms with van der Waals surface area (Å²) in [6.45, 7) is 8.33. The van der Waals surface area contributed by atoms with Crippen LogP contribution in [0.3, 0.4) is 0 Å². The van der Waals surface area contributed by atoms with Crippen LogP contribution in [0.15, 0.2) is 18.2 Å². The molecule has 0 saturated carbocycles. The van der Waals surface area contributed by atoms with Gasteiger partial charge in [-0.15, -0.1) is 11.6 Å². The summed E-state index contributed by atoms with van der Waals surface area (Å²) in [4.78, 5) is 4.57. The zero-order valence-electron chi connectivity index (χ0n) is 11.9. The van der Waals surface area contributed by atoms with Gasteiger partial charge in [-0.2, -0.15) is 0 Å². The van der Waals surface area contributed by atoms with Gasteiger partial charge in [0.25, 0.3) is 0 Å². The van der Waals surface area contributed by atoms with Gasteiger partial charge in [0.2, 0.25) is 0 Å². The van der Waals surface area contributed by atoms with Crippen molar-refractivity contribution < 1.29 is 4.39 Å². The number of benzene rings is 1. The van der Waals surface area contributed by atoms with Gasteiger partial charge < -0.3 is 4.57 Å². The molecule has 0 bridgehead atoms. The van der Waals surface area contributed by atoms with E-state index in [1.165, 1.54) is 6.07 Å². The van der Waals surface area contributed by atoms with E-state index in [0.717, 1.165) is 29.7 Å². The molecular weight excluding hydrogens is 263 g/mol. The second-order valence-corrected chi connectivity index (χ2v) is 6.27. The van der Waals surface area contributed by atoms with Gasteiger partial charge in [-0.3, -0.25) is 0 Å². The molecule has 0 radical (unpaired) electrons. The summed E-state index contributed by atoms with van der Waals surface area (Å²) in [5.74, 6) is 0.565. The number of halogens is 2. The molecule has 2 nitrogen and oxygen atoms in total. The van der Waals surface area contributed by atoms with Crippen LogP contribution < -0.4 is 0 Å². The summed E-state index contributed by atoms with van der Waals surface area (Å²) in [6, 6.07) is 4.70. The zero-order valence-corrected chi connectivity index (χ0v) is 12.6. The summed E-state index contributed by atoms with van der Waals surface area (Å²) >= 11 is 6.25. The molecule has 104 valence electrons. The molecule has 1 unspecified atom stereocenters. The fraction of sp³-hybridized carbons (Fsp3) is 0.533. The largest absolute Gasteiger partial charge is 0.321 e. The minimum Gasteiger partial charge on any atom is -0.321 e. The van der Waals surface area contributed by atoms with Crippen LogP contribution >= 0.6 is 11.6 Å². The Morgan fingerprint density at radius 3 is 2.68 bits per heavy atom. The third-order valence-corrected chi connectivity index (χ3v) is 3.66. The van der Waals surface area contributed by atoms with Crippen LogP contribution in [0.5, 0.6) is 0 Å². The van der Waals surface area contributed by atoms with E-state index in [1.54, 1.807) is 12.1 Å². The van der Waals surface area contributed by atoms with Crippen LogP contribution in [-0.2, 0) is 5.54 Å². The monoisotopic (exact) mass is 282 g/mol. The van der Waals surface area contributed by atoms with Gasteiger partial charge in [0.05, 0.1) is 16.4 Å². The summed E-state index contributed by atoms with van der Waals surface area (Å²) in [6.07, 6.45) is 2.05. The van der Waals surface area contributed by atoms with Crippen LogP contribution in [0, 0.1) is 5.82 Å². The first-order chi connectivity index (χ1) is 8.86. The standard InChI is InChI=1S/C15H20ClFN2/c1-5-8-15(3,4)19-13-9-11(17)6-7-12(13)18-14(19)10(2)16/h6-7,9-10H,5,8H2,1-4H3. The molecule has 1 atom stereocenters. The lowest BCUT2D eigenvalue weighted by Gasteiger charge is -2.29. The number of imidazole rings is 1. The molecule has 0 aliphatic carbocycles. The van der Waals surface area contributed by atoms with Crippen molar-refractivity contribution in [3.8, 4) is 0 Å². The number of alkyl halides is 1. The SMILES string of the molecule is CCCC(C)(C)n1c(C(C)Cl)nc2ccc(F)cc21. The van der Waals surface area contributed by atoms with Crippen LogP contribution in [-0.4, -0.2) is 9.55 Å². The quantitative estimate of drug-likeness (QED) is 0.721. The second-order valence-electron chi connectivity index (χ2n) is 5.62. The van der Waals surface area contributed by atoms with E-state index in [0.29, 0.717) is 0 Å². The fourth-order valence-electron chi connectivity index (χ4n) is 2.69. The molecule has 0 N–H and O–H groups in total. The van der Waals surface area contributed by atoms with Crippen LogP contribution in [0.4, 0.5) is 4.39 Å². The summed E-state index contributed by atoms with van der Waals surface area (Å²) < 4.78 is 15.6. The highest BCUT2D eigenvalue weighted by Crippen LogP contribution is 2.33. The number of rotatable bonds is 4. The number of hydrogen-bond acceptors (Lipinski definition) is 1. The second kappa shape index (κ2) is 5.12. The Balaban J connectivity index is 2.73. The average Bonchev–Trinajstić information content (AvgIpc) is 2.68. The molecule has 0 fully saturated rings. The van der Waals surface area contributed by atoms with Crippen molar-refractivity contribution in [1.82, 2.24) is 9.55 Å². The van der Waals surface area contributed by atoms with Crippen LogP contribution in [0.25, 0.3) is 11.0 Å². The molecule has 0 spiro atoms. The first-order valence-electron chi connectivity index (χ1n) is 6.69. The van der Waals surface area contributed by atoms with Crippen LogP contribution in [0.2, 0.25) is 0 Å². The fourth-order valence-corrected chi connectivity index (χ4v) is 2.84. The minimum absolute atomic E-state index is 0.129. The van der Waals surface area contributed by atoms with Gasteiger partial charge in [0.1, 0.15) is 11.6 Å². The van der Waals surface area contributed by atoms with E-state index in [9.17, 15) is 4.39 Å². The maximum atomic E-state index is 13.5. The molecule has 0 aliphatic heterocycles. The zero-order chi connectivity index (χ0) is 14.2. The minimum atomic E-state index is -0.241. The van der Waals surface area contributed by atoms with E-state index in [4.69, 9.17) is 11.6 Å². The molecule has 2 rings (SSSR count). The normalized spacial score (nSPS) is 14.0. The Labute approximate surface area is 118 Å². The van der Waals surface area contributed by atoms with Crippen molar-refractivity contribution in [2.45, 2.75) is 51.5 Å². The van der Waals surface area contributed by atoms with E-state index >= 15 is 0 Å². The van der Waals surface area contributed by atoms with E-state index < -0.39 is 0 Å². The first-order valence-corrected chi connectivity index (χ1v) is 7.13. The van der Waals surface area contributed by atoms with E-state index in [2.05, 4.69) is 30.3 Å². The van der Waals surface area contributed by atoms with E-state index in [1.807, 2.05) is 6.92 Å². The molecule has 2 aromatic rings. The molecular formula is C15H20ClFN2. The Bertz CT molecular complexity index is 587. The third kappa shape index (κ3) is 2.62. The Hall–Kier alpha value is -1.09. The van der Waals surface area contributed by atoms with Crippen molar-refractivity contribution in [1.29, 1.82) is 0 Å². The molecule has 19 heavy (non-hydrogen) atoms. The molecule has 0 saturated heterocycles. The van der Waals surface area contributed by atoms with Gasteiger partial charge in [-0.05, 0) is 45.4 Å². The Morgan fingerprint density at radius 2 is 2.11 bits per heavy atom. The number of nitrogens with zero attached hydrogens (tertiary/aromatic N) is 2. The third-order valence-electron chi connectivity index (χ3n) is 3.47. The lowest BCUT2D eigenvalue weighted by atomic mass is 9.97. The first kappa shape index (κ1) is 14.3. The summed E-state index contributed by atoms with van der Waals surface area (Å²) in [5.41, 5.74) is 1.49. The molecule has 0 amide bonds. The van der Waals surface area contributed by atoms with Crippen molar-refractivity contribution in [3.05, 3.63) is 29.8 Å². The lowest BCUT2D eigenvalue weighted by molar-refractivity contribution is 0.323. The van der Waals surface area contributed by atoms with Crippen molar-refractivity contribution in [3.63, 3.8) is 0 Å². The van der Waals surface area contributed by atoms with Gasteiger partial charge in [-0.1, -0.05) is 13.3 Å². The van der Waals surface area contributed by atoms with Gasteiger partial charge in [-0.25, -0.2) is 9.37 Å². The van der Waals surface area contributed by atoms with Crippen molar-refractivity contribution >= 4 is 22.6 Å². The molecule has 4 heteroatoms. The number of aromatic nitrogens is 2. The van der Waals surface area contributed by atoms with Crippen LogP contribution in [0.1, 0.15) is 51.7 Å². The highest BCUT2D eigenvalue weighted by atomic mass is 35.5. The van der Waals surface area contributed by atoms with Crippen molar-refractivity contribution in [2.75, 3.05) is 0 Å². The smallest absolute Gasteiger partial charge is 0.128 e. The number of fused-ring (bicyclic) bond motifs is 1. The topological polar surface area (TPSA) is 17.8 Å². The number of hydrogen-bond donors (Lipinski definition) is 0. The molecule has 0 aliphatic rings. The lowest BCUT2D eigenvalue weighted by Crippen LogP contribution is -2.28. The predicted octanol–water partition coefficient (Wildman–Crippen LogP) is 5.01. The average molecular weight is 283 g/mol. The Morgan fingerprint density at radius 1 is 1.42 bits per heavy atom. The molecule has 1 aromatic carbocycles. The predicted molar refractivity (Wildman–Crippen MR) is 78.2 cm³/mol. The summed E-state index contributed by atoms with van der Waals surface area (Å²) in [5, 5.41) is -0.202. The highest BCUT2D eigenvalue weighted by molar-refractivity contribution is 6.20. The van der Waals surface area contributed by atoms with Crippen molar-refractivity contribution in [2.24, 2.45) is 0 Å². The maximum Gasteiger partial charge on any atom is 0.128 e. The van der Waals surface area contributed by atoms with Gasteiger partial charge in [0.15, 0.2) is 0 Å². The summed E-state index contributed by atoms with van der Waals surface area (Å²) in [7, 11) is 0. The van der Waals surface area contributed by atoms with Gasteiger partial charge in [0, 0.05) is 5.54 Å². The highest BCUT2D eigenvalue weighted by Gasteiger charge is 2.27.